The van der Waals surface area contributed by atoms with E-state index in [0.29, 0.717) is 25.9 Å². The van der Waals surface area contributed by atoms with Crippen LogP contribution in [0.5, 0.6) is 11.5 Å². The van der Waals surface area contributed by atoms with E-state index in [1.54, 1.807) is 11.8 Å². The predicted octanol–water partition coefficient (Wildman–Crippen LogP) is 3.18. The third kappa shape index (κ3) is 5.40. The minimum atomic E-state index is -0.940. The molecule has 190 valence electrons. The quantitative estimate of drug-likeness (QED) is 0.584. The van der Waals surface area contributed by atoms with E-state index < -0.39 is 17.7 Å². The number of hydrogen-bond donors (Lipinski definition) is 2. The van der Waals surface area contributed by atoms with Gasteiger partial charge in [-0.25, -0.2) is 0 Å². The zero-order chi connectivity index (χ0) is 25.7. The van der Waals surface area contributed by atoms with Crippen molar-refractivity contribution >= 4 is 11.8 Å². The van der Waals surface area contributed by atoms with Crippen molar-refractivity contribution in [3.63, 3.8) is 0 Å². The van der Waals surface area contributed by atoms with Gasteiger partial charge in [-0.15, -0.1) is 5.92 Å². The molecule has 36 heavy (non-hydrogen) atoms. The fourth-order valence-corrected chi connectivity index (χ4v) is 4.97. The van der Waals surface area contributed by atoms with Gasteiger partial charge < -0.3 is 20.1 Å². The molecule has 2 aliphatic heterocycles. The normalized spacial score (nSPS) is 20.6. The van der Waals surface area contributed by atoms with Crippen molar-refractivity contribution in [3.8, 4) is 23.3 Å². The number of benzene rings is 2. The first-order chi connectivity index (χ1) is 17.3. The largest absolute Gasteiger partial charge is 0.457 e. The number of piperidine rings is 1. The second kappa shape index (κ2) is 11.2. The van der Waals surface area contributed by atoms with Crippen LogP contribution < -0.4 is 10.1 Å². The summed E-state index contributed by atoms with van der Waals surface area (Å²) in [7, 11) is 0. The molecule has 7 nitrogen and oxygen atoms in total. The number of likely N-dealkylation sites (tertiary alicyclic amines) is 1. The maximum Gasteiger partial charge on any atom is 0.249 e. The number of hydrogen-bond acceptors (Lipinski definition) is 5. The molecule has 2 aromatic rings. The number of ether oxygens (including phenoxy) is 1. The minimum Gasteiger partial charge on any atom is -0.457 e. The summed E-state index contributed by atoms with van der Waals surface area (Å²) in [4.78, 5) is 30.7. The maximum atomic E-state index is 13.4. The van der Waals surface area contributed by atoms with Gasteiger partial charge in [0.2, 0.25) is 11.8 Å². The number of amides is 2. The molecule has 2 saturated heterocycles. The zero-order valence-corrected chi connectivity index (χ0v) is 21.2. The van der Waals surface area contributed by atoms with Crippen LogP contribution in [0.15, 0.2) is 54.6 Å². The highest BCUT2D eigenvalue weighted by atomic mass is 16.5. The van der Waals surface area contributed by atoms with Gasteiger partial charge in [-0.05, 0) is 55.5 Å². The van der Waals surface area contributed by atoms with Gasteiger partial charge in [-0.2, -0.15) is 0 Å². The molecule has 2 unspecified atom stereocenters. The van der Waals surface area contributed by atoms with Crippen LogP contribution in [0.2, 0.25) is 0 Å². The summed E-state index contributed by atoms with van der Waals surface area (Å²) in [5.41, 5.74) is 0.224. The number of aliphatic hydroxyl groups is 1. The molecule has 2 aliphatic rings. The Morgan fingerprint density at radius 2 is 1.69 bits per heavy atom. The van der Waals surface area contributed by atoms with E-state index in [4.69, 9.17) is 4.74 Å². The lowest BCUT2D eigenvalue weighted by molar-refractivity contribution is -0.164. The van der Waals surface area contributed by atoms with Gasteiger partial charge in [0.25, 0.3) is 0 Å². The predicted molar refractivity (Wildman–Crippen MR) is 138 cm³/mol. The molecule has 2 amide bonds. The van der Waals surface area contributed by atoms with Gasteiger partial charge in [0.1, 0.15) is 23.1 Å². The lowest BCUT2D eigenvalue weighted by Crippen LogP contribution is -2.74. The van der Waals surface area contributed by atoms with Crippen LogP contribution in [-0.4, -0.2) is 64.0 Å². The van der Waals surface area contributed by atoms with Gasteiger partial charge in [0.15, 0.2) is 0 Å². The Hall–Kier alpha value is -3.34. The van der Waals surface area contributed by atoms with E-state index in [1.165, 1.54) is 0 Å². The lowest BCUT2D eigenvalue weighted by atomic mass is 9.80. The number of carbonyl (C=O) groups is 2. The second-order valence-electron chi connectivity index (χ2n) is 9.90. The molecule has 1 spiro atoms. The fraction of sp³-hybridized carbons (Fsp3) is 0.448. The molecule has 7 heteroatoms. The Balaban J connectivity index is 1.41. The van der Waals surface area contributed by atoms with E-state index in [0.717, 1.165) is 23.6 Å². The number of carbonyl (C=O) groups excluding carboxylic acids is 2. The van der Waals surface area contributed by atoms with Crippen molar-refractivity contribution in [1.29, 1.82) is 0 Å². The molecule has 2 fully saturated rings. The molecule has 0 saturated carbocycles. The van der Waals surface area contributed by atoms with Crippen molar-refractivity contribution in [1.82, 2.24) is 15.1 Å². The molecule has 2 atom stereocenters. The van der Waals surface area contributed by atoms with Crippen molar-refractivity contribution in [2.24, 2.45) is 5.92 Å². The highest BCUT2D eigenvalue weighted by molar-refractivity contribution is 6.00. The molecule has 2 heterocycles. The van der Waals surface area contributed by atoms with Crippen LogP contribution in [0.25, 0.3) is 0 Å². The molecule has 0 aliphatic carbocycles. The highest BCUT2D eigenvalue weighted by Gasteiger charge is 2.54. The van der Waals surface area contributed by atoms with Gasteiger partial charge in [0.05, 0.1) is 12.6 Å². The summed E-state index contributed by atoms with van der Waals surface area (Å²) >= 11 is 0. The SMILES string of the molecule is CC#CCN1C(=O)C(C(O)C(C)C)NC(=O)C12CCN(Cc1ccc(Oc3ccccc3)cc1)CC2. The monoisotopic (exact) mass is 489 g/mol. The first-order valence-corrected chi connectivity index (χ1v) is 12.6. The first kappa shape index (κ1) is 25.7. The first-order valence-electron chi connectivity index (χ1n) is 12.6. The molecule has 2 N–H and O–H groups in total. The number of aliphatic hydroxyl groups excluding tert-OH is 1. The smallest absolute Gasteiger partial charge is 0.249 e. The van der Waals surface area contributed by atoms with Gasteiger partial charge >= 0.3 is 0 Å². The van der Waals surface area contributed by atoms with Crippen LogP contribution in [0.1, 0.15) is 39.2 Å². The van der Waals surface area contributed by atoms with Crippen LogP contribution in [0, 0.1) is 17.8 Å². The molecular weight excluding hydrogens is 454 g/mol. The maximum absolute atomic E-state index is 13.4. The van der Waals surface area contributed by atoms with E-state index >= 15 is 0 Å². The Morgan fingerprint density at radius 1 is 1.06 bits per heavy atom. The number of rotatable bonds is 7. The second-order valence-corrected chi connectivity index (χ2v) is 9.90. The Bertz CT molecular complexity index is 1110. The van der Waals surface area contributed by atoms with E-state index in [1.807, 2.05) is 56.3 Å². The number of piperazine rings is 1. The molecule has 0 aromatic heterocycles. The van der Waals surface area contributed by atoms with Crippen LogP contribution >= 0.6 is 0 Å². The van der Waals surface area contributed by atoms with Crippen LogP contribution in [-0.2, 0) is 16.1 Å². The standard InChI is InChI=1S/C29H35N3O4/c1-4-5-17-32-27(34)25(26(33)21(2)3)30-28(35)29(32)15-18-31(19-16-29)20-22-11-13-24(14-12-22)36-23-9-7-6-8-10-23/h6-14,21,25-26,33H,15-20H2,1-3H3,(H,30,35). The third-order valence-electron chi connectivity index (χ3n) is 7.19. The van der Waals surface area contributed by atoms with Crippen molar-refractivity contribution in [3.05, 3.63) is 60.2 Å². The summed E-state index contributed by atoms with van der Waals surface area (Å²) in [6.45, 7) is 7.69. The zero-order valence-electron chi connectivity index (χ0n) is 21.2. The fourth-order valence-electron chi connectivity index (χ4n) is 4.97. The topological polar surface area (TPSA) is 82.1 Å². The summed E-state index contributed by atoms with van der Waals surface area (Å²) in [5.74, 6) is 6.80. The summed E-state index contributed by atoms with van der Waals surface area (Å²) < 4.78 is 5.88. The van der Waals surface area contributed by atoms with E-state index in [9.17, 15) is 14.7 Å². The minimum absolute atomic E-state index is 0.154. The summed E-state index contributed by atoms with van der Waals surface area (Å²) in [5, 5.41) is 13.4. The molecule has 0 bridgehead atoms. The van der Waals surface area contributed by atoms with Crippen molar-refractivity contribution in [2.75, 3.05) is 19.6 Å². The summed E-state index contributed by atoms with van der Waals surface area (Å²) in [6, 6.07) is 16.8. The van der Waals surface area contributed by atoms with Gasteiger partial charge in [-0.1, -0.05) is 50.1 Å². The Kier molecular flexibility index (Phi) is 7.97. The van der Waals surface area contributed by atoms with Crippen LogP contribution in [0.3, 0.4) is 0 Å². The number of nitrogens with zero attached hydrogens (tertiary/aromatic N) is 2. The van der Waals surface area contributed by atoms with Crippen molar-refractivity contribution < 1.29 is 19.4 Å². The average molecular weight is 490 g/mol. The third-order valence-corrected chi connectivity index (χ3v) is 7.19. The Morgan fingerprint density at radius 3 is 2.31 bits per heavy atom. The van der Waals surface area contributed by atoms with Gasteiger partial charge in [0, 0.05) is 19.6 Å². The van der Waals surface area contributed by atoms with E-state index in [-0.39, 0.29) is 24.3 Å². The van der Waals surface area contributed by atoms with E-state index in [2.05, 4.69) is 34.2 Å². The van der Waals surface area contributed by atoms with Crippen LogP contribution in [0.4, 0.5) is 0 Å². The summed E-state index contributed by atoms with van der Waals surface area (Å²) in [6.07, 6.45) is 0.107. The van der Waals surface area contributed by atoms with Crippen molar-refractivity contribution in [2.45, 2.75) is 57.8 Å². The molecular formula is C29H35N3O4. The van der Waals surface area contributed by atoms with Gasteiger partial charge in [-0.3, -0.25) is 14.5 Å². The molecule has 0 radical (unpaired) electrons. The number of nitrogens with one attached hydrogen (secondary N) is 1. The number of para-hydroxylation sites is 1. The average Bonchev–Trinajstić information content (AvgIpc) is 2.89. The molecule has 2 aromatic carbocycles. The lowest BCUT2D eigenvalue weighted by Gasteiger charge is -2.51. The highest BCUT2D eigenvalue weighted by Crippen LogP contribution is 2.34. The molecule has 4 rings (SSSR count). The Labute approximate surface area is 213 Å².